The van der Waals surface area contributed by atoms with Crippen LogP contribution in [0.15, 0.2) is 58.9 Å². The maximum atomic E-state index is 15.0. The van der Waals surface area contributed by atoms with E-state index in [0.29, 0.717) is 0 Å². The van der Waals surface area contributed by atoms with Gasteiger partial charge in [-0.2, -0.15) is 0 Å². The minimum Gasteiger partial charge on any atom is -0.335 e. The van der Waals surface area contributed by atoms with Crippen molar-refractivity contribution in [2.24, 2.45) is 0 Å². The van der Waals surface area contributed by atoms with Gasteiger partial charge in [0.25, 0.3) is 11.4 Å². The van der Waals surface area contributed by atoms with Gasteiger partial charge in [-0.05, 0) is 104 Å². The fourth-order valence-electron chi connectivity index (χ4n) is 13.8. The third-order valence-electron chi connectivity index (χ3n) is 18.3. The summed E-state index contributed by atoms with van der Waals surface area (Å²) in [6, 6.07) is 11.7. The maximum Gasteiger partial charge on any atom is 0.270 e. The topological polar surface area (TPSA) is 98.6 Å². The van der Waals surface area contributed by atoms with E-state index >= 15 is 0 Å². The third-order valence-corrected chi connectivity index (χ3v) is 23.3. The van der Waals surface area contributed by atoms with Crippen molar-refractivity contribution >= 4 is 110 Å². The summed E-state index contributed by atoms with van der Waals surface area (Å²) in [5.41, 5.74) is 3.95. The molecule has 1 atom stereocenters. The number of nitriles is 2. The first-order valence-corrected chi connectivity index (χ1v) is 36.1. The van der Waals surface area contributed by atoms with E-state index in [0.717, 1.165) is 162 Å². The zero-order chi connectivity index (χ0) is 63.6. The molecule has 0 radical (unpaired) electrons. The van der Waals surface area contributed by atoms with Crippen LogP contribution >= 0.6 is 45.3 Å². The van der Waals surface area contributed by atoms with E-state index in [2.05, 4.69) is 59.0 Å². The molecule has 468 valence electrons. The molecule has 1 unspecified atom stereocenters. The Morgan fingerprint density at radius 3 is 1.41 bits per heavy atom. The zero-order valence-corrected chi connectivity index (χ0v) is 55.5. The Bertz CT molecular complexity index is 4110. The van der Waals surface area contributed by atoms with E-state index in [4.69, 9.17) is 13.1 Å². The number of carbonyl (C=O) groups excluding carboxylic acids is 2. The van der Waals surface area contributed by atoms with Crippen LogP contribution in [-0.2, 0) is 0 Å². The molecule has 5 aromatic heterocycles. The van der Waals surface area contributed by atoms with Crippen LogP contribution in [0.3, 0.4) is 0 Å². The number of carbonyl (C=O) groups is 2. The molecule has 0 amide bonds. The molecule has 16 heteroatoms. The summed E-state index contributed by atoms with van der Waals surface area (Å²) >= 11 is 6.76. The van der Waals surface area contributed by atoms with Crippen LogP contribution in [0.5, 0.6) is 0 Å². The van der Waals surface area contributed by atoms with Crippen molar-refractivity contribution in [2.75, 3.05) is 13.1 Å². The Morgan fingerprint density at radius 1 is 0.533 bits per heavy atom. The summed E-state index contributed by atoms with van der Waals surface area (Å²) in [7, 11) is 0. The van der Waals surface area contributed by atoms with Gasteiger partial charge in [0.15, 0.2) is 34.8 Å². The highest BCUT2D eigenvalue weighted by Gasteiger charge is 2.42. The molecule has 0 bridgehead atoms. The number of ketones is 2. The largest absolute Gasteiger partial charge is 0.335 e. The van der Waals surface area contributed by atoms with Crippen LogP contribution < -0.4 is 0 Å². The first kappa shape index (κ1) is 66.2. The molecule has 8 nitrogen and oxygen atoms in total. The van der Waals surface area contributed by atoms with E-state index in [9.17, 15) is 37.7 Å². The highest BCUT2D eigenvalue weighted by molar-refractivity contribution is 7.37. The number of thiophene rings is 4. The predicted molar refractivity (Wildman–Crippen MR) is 365 cm³/mol. The number of allylic oxidation sites excluding steroid dienone is 6. The minimum absolute atomic E-state index is 0.0102. The van der Waals surface area contributed by atoms with Gasteiger partial charge in [0, 0.05) is 54.8 Å². The van der Waals surface area contributed by atoms with Crippen LogP contribution in [0.4, 0.5) is 17.6 Å². The van der Waals surface area contributed by atoms with E-state index < -0.39 is 34.8 Å². The summed E-state index contributed by atoms with van der Waals surface area (Å²) in [6.07, 6.45) is 33.0. The number of rotatable bonds is 32. The molecular weight excluding hydrogens is 1210 g/mol. The number of halogens is 4. The molecule has 0 saturated carbocycles. The average Bonchev–Trinajstić information content (AvgIpc) is 1.52. The lowest BCUT2D eigenvalue weighted by molar-refractivity contribution is 0.103. The van der Waals surface area contributed by atoms with Gasteiger partial charge >= 0.3 is 0 Å². The first-order chi connectivity index (χ1) is 43.9. The second-order valence-electron chi connectivity index (χ2n) is 24.5. The summed E-state index contributed by atoms with van der Waals surface area (Å²) in [4.78, 5) is 42.1. The van der Waals surface area contributed by atoms with Crippen molar-refractivity contribution in [2.45, 2.75) is 207 Å². The van der Waals surface area contributed by atoms with Crippen molar-refractivity contribution in [1.82, 2.24) is 9.47 Å². The Morgan fingerprint density at radius 2 is 0.956 bits per heavy atom. The minimum atomic E-state index is -1.18. The number of hydrogen-bond donors (Lipinski definition) is 0. The van der Waals surface area contributed by atoms with Gasteiger partial charge in [0.05, 0.1) is 70.9 Å². The molecule has 0 N–H and O–H groups in total. The number of aromatic nitrogens is 1. The van der Waals surface area contributed by atoms with E-state index in [-0.39, 0.29) is 68.0 Å². The zero-order valence-electron chi connectivity index (χ0n) is 52.2. The molecule has 0 aliphatic heterocycles. The Kier molecular flexibility index (Phi) is 22.5. The molecule has 3 aliphatic carbocycles. The van der Waals surface area contributed by atoms with Crippen molar-refractivity contribution in [1.29, 1.82) is 10.5 Å². The molecule has 2 aromatic carbocycles. The SMILES string of the molecule is [C-]#[N+]/C(C#N)=C1\C(=C\c2cc3c(s2)c2sc4c5c(sc4c2n3C(CCCCCCCC)CCCCCCCC)-c2sc(/C=C3\C(=O)c4cc(F)c(F)cc4\C3=C(\C#N)[N+]#[C-])cc2C5N(CCCCCCCC)CCCCCCCC)C(=O)c2cc(F)c(F)cc21. The van der Waals surface area contributed by atoms with E-state index in [1.807, 2.05) is 34.8 Å². The first-order valence-electron chi connectivity index (χ1n) is 32.8. The van der Waals surface area contributed by atoms with Gasteiger partial charge in [-0.25, -0.2) is 37.8 Å². The number of fused-ring (bicyclic) bond motifs is 11. The second kappa shape index (κ2) is 30.6. The van der Waals surface area contributed by atoms with Crippen LogP contribution in [0.1, 0.15) is 259 Å². The fraction of sp³-hybridized carbons (Fsp3) is 0.459. The van der Waals surface area contributed by atoms with E-state index in [1.165, 1.54) is 102 Å². The van der Waals surface area contributed by atoms with Gasteiger partial charge in [-0.3, -0.25) is 14.5 Å². The van der Waals surface area contributed by atoms with E-state index in [1.54, 1.807) is 34.8 Å². The number of unbranched alkanes of at least 4 members (excludes halogenated alkanes) is 20. The normalized spacial score (nSPS) is 16.3. The van der Waals surface area contributed by atoms with Gasteiger partial charge in [-0.15, -0.1) is 45.3 Å². The molecule has 0 saturated heterocycles. The van der Waals surface area contributed by atoms with Crippen molar-refractivity contribution in [3.05, 3.63) is 148 Å². The Hall–Kier alpha value is -6.76. The maximum absolute atomic E-state index is 15.0. The lowest BCUT2D eigenvalue weighted by Crippen LogP contribution is -2.30. The van der Waals surface area contributed by atoms with Crippen LogP contribution in [-0.4, -0.2) is 34.1 Å². The Balaban J connectivity index is 1.18. The molecular formula is C74H78F4N6O2S4. The summed E-state index contributed by atoms with van der Waals surface area (Å²) in [5.74, 6) is -5.83. The van der Waals surface area contributed by atoms with Gasteiger partial charge in [0.2, 0.25) is 0 Å². The second-order valence-corrected chi connectivity index (χ2v) is 28.7. The van der Waals surface area contributed by atoms with Crippen LogP contribution in [0.25, 0.3) is 72.6 Å². The Labute approximate surface area is 543 Å². The standard InChI is InChI=1S/C74H78F4N6O2S4/c1-7-11-15-19-23-27-31-45(32-28-24-20-16-12-8-2)84-61-38-47(36-53-63(60(44-80)82-6)49-40-56(76)58(78)42-51(49)68(53)86)88-70(61)73-66(84)74-72(90-73)64-65(83(33-29-25-21-17-13-9-3)34-30-26-22-18-14-10-4)54-37-46(87-69(54)71(64)89-74)35-52-62(59(43-79)81-5)48-39-55(75)57(77)41-50(48)67(52)85/h35-42,45,65H,7-34H2,1-4H3/b52-35-,53-36-,62-59+,63-60-. The molecule has 7 aromatic rings. The van der Waals surface area contributed by atoms with Gasteiger partial charge in [0.1, 0.15) is 0 Å². The van der Waals surface area contributed by atoms with Crippen molar-refractivity contribution in [3.8, 4) is 21.9 Å². The number of benzene rings is 2. The van der Waals surface area contributed by atoms with Crippen molar-refractivity contribution in [3.63, 3.8) is 0 Å². The highest BCUT2D eigenvalue weighted by atomic mass is 32.1. The summed E-state index contributed by atoms with van der Waals surface area (Å²) in [6.45, 7) is 26.6. The smallest absolute Gasteiger partial charge is 0.270 e. The van der Waals surface area contributed by atoms with Gasteiger partial charge < -0.3 is 4.57 Å². The average molecular weight is 1290 g/mol. The molecule has 3 aliphatic rings. The quantitative estimate of drug-likeness (QED) is 0.0138. The van der Waals surface area contributed by atoms with Crippen molar-refractivity contribution < 1.29 is 27.2 Å². The third kappa shape index (κ3) is 13.4. The lowest BCUT2D eigenvalue weighted by atomic mass is 9.99. The molecule has 5 heterocycles. The summed E-state index contributed by atoms with van der Waals surface area (Å²) < 4.78 is 66.9. The lowest BCUT2D eigenvalue weighted by Gasteiger charge is -2.30. The van der Waals surface area contributed by atoms with Crippen LogP contribution in [0, 0.1) is 59.1 Å². The van der Waals surface area contributed by atoms with Crippen LogP contribution in [0.2, 0.25) is 0 Å². The monoisotopic (exact) mass is 1290 g/mol. The molecule has 10 rings (SSSR count). The number of hydrogen-bond acceptors (Lipinski definition) is 9. The summed E-state index contributed by atoms with van der Waals surface area (Å²) in [5, 5.41) is 20.5. The fourth-order valence-corrected chi connectivity index (χ4v) is 19.2. The van der Waals surface area contributed by atoms with Gasteiger partial charge in [-0.1, -0.05) is 169 Å². The highest BCUT2D eigenvalue weighted by Crippen LogP contribution is 2.61. The molecule has 90 heavy (non-hydrogen) atoms. The molecule has 0 fully saturated rings. The predicted octanol–water partition coefficient (Wildman–Crippen LogP) is 23.8. The number of nitrogens with zero attached hydrogens (tertiary/aromatic N) is 6. The molecule has 0 spiro atoms. The number of Topliss-reactive ketones (excluding diaryl/α,β-unsaturated/α-hetero) is 2.